The van der Waals surface area contributed by atoms with Crippen LogP contribution in [0.1, 0.15) is 77.6 Å². The first kappa shape index (κ1) is 15.5. The fourth-order valence-electron chi connectivity index (χ4n) is 2.50. The van der Waals surface area contributed by atoms with E-state index in [0.717, 1.165) is 19.5 Å². The Morgan fingerprint density at radius 1 is 1.00 bits per heavy atom. The molecular formula is C16H30N2. The molecule has 0 aliphatic heterocycles. The van der Waals surface area contributed by atoms with Gasteiger partial charge in [-0.3, -0.25) is 0 Å². The third-order valence-electron chi connectivity index (χ3n) is 4.12. The lowest BCUT2D eigenvalue weighted by atomic mass is 10.0. The second-order valence-corrected chi connectivity index (χ2v) is 5.99. The van der Waals surface area contributed by atoms with Crippen LogP contribution in [0.2, 0.25) is 0 Å². The largest absolute Gasteiger partial charge is 0.316 e. The number of rotatable bonds is 12. The number of nitrogens with zero attached hydrogens (tertiary/aromatic N) is 1. The summed E-state index contributed by atoms with van der Waals surface area (Å²) in [6.07, 6.45) is 14.3. The molecule has 1 saturated carbocycles. The Hall–Kier alpha value is -0.550. The van der Waals surface area contributed by atoms with Crippen LogP contribution in [0.25, 0.3) is 0 Å². The van der Waals surface area contributed by atoms with Gasteiger partial charge in [-0.25, -0.2) is 0 Å². The first-order valence-electron chi connectivity index (χ1n) is 7.91. The summed E-state index contributed by atoms with van der Waals surface area (Å²) in [5, 5.41) is 12.3. The van der Waals surface area contributed by atoms with Gasteiger partial charge in [0.1, 0.15) is 0 Å². The quantitative estimate of drug-likeness (QED) is 0.521. The summed E-state index contributed by atoms with van der Waals surface area (Å²) in [6, 6.07) is 2.32. The minimum atomic E-state index is 0.370. The van der Waals surface area contributed by atoms with E-state index < -0.39 is 0 Å². The Bertz CT molecular complexity index is 238. The molecule has 18 heavy (non-hydrogen) atoms. The van der Waals surface area contributed by atoms with Crippen LogP contribution in [0, 0.1) is 16.7 Å². The second kappa shape index (κ2) is 9.39. The molecule has 0 atom stereocenters. The number of unbranched alkanes of at least 4 members (excludes halogenated alkanes) is 7. The SMILES string of the molecule is CCCCCCCCCCNCC1(CC#N)CC1. The van der Waals surface area contributed by atoms with Crippen molar-refractivity contribution in [2.24, 2.45) is 5.41 Å². The van der Waals surface area contributed by atoms with Gasteiger partial charge in [0.15, 0.2) is 0 Å². The molecule has 1 rings (SSSR count). The predicted octanol–water partition coefficient (Wildman–Crippen LogP) is 4.41. The van der Waals surface area contributed by atoms with Crippen molar-refractivity contribution in [3.8, 4) is 6.07 Å². The molecule has 1 fully saturated rings. The van der Waals surface area contributed by atoms with E-state index >= 15 is 0 Å². The zero-order valence-corrected chi connectivity index (χ0v) is 12.1. The van der Waals surface area contributed by atoms with Gasteiger partial charge in [0.25, 0.3) is 0 Å². The topological polar surface area (TPSA) is 35.8 Å². The molecule has 1 aliphatic carbocycles. The van der Waals surface area contributed by atoms with Crippen molar-refractivity contribution in [2.75, 3.05) is 13.1 Å². The average Bonchev–Trinajstić information content (AvgIpc) is 3.12. The normalized spacial score (nSPS) is 16.4. The van der Waals surface area contributed by atoms with Crippen LogP contribution >= 0.6 is 0 Å². The van der Waals surface area contributed by atoms with Gasteiger partial charge in [-0.1, -0.05) is 51.9 Å². The first-order chi connectivity index (χ1) is 8.83. The van der Waals surface area contributed by atoms with E-state index in [1.807, 2.05) is 0 Å². The van der Waals surface area contributed by atoms with Crippen LogP contribution in [0.5, 0.6) is 0 Å². The summed E-state index contributed by atoms with van der Waals surface area (Å²) >= 11 is 0. The maximum absolute atomic E-state index is 8.73. The highest BCUT2D eigenvalue weighted by atomic mass is 14.9. The molecule has 0 amide bonds. The summed E-state index contributed by atoms with van der Waals surface area (Å²) in [7, 11) is 0. The van der Waals surface area contributed by atoms with Crippen molar-refractivity contribution in [3.63, 3.8) is 0 Å². The van der Waals surface area contributed by atoms with Gasteiger partial charge < -0.3 is 5.32 Å². The molecule has 0 heterocycles. The Morgan fingerprint density at radius 2 is 1.61 bits per heavy atom. The second-order valence-electron chi connectivity index (χ2n) is 5.99. The highest BCUT2D eigenvalue weighted by Gasteiger charge is 2.41. The van der Waals surface area contributed by atoms with Crippen LogP contribution < -0.4 is 5.32 Å². The maximum atomic E-state index is 8.73. The molecule has 0 aromatic heterocycles. The van der Waals surface area contributed by atoms with E-state index in [9.17, 15) is 0 Å². The predicted molar refractivity (Wildman–Crippen MR) is 77.4 cm³/mol. The Morgan fingerprint density at radius 3 is 2.17 bits per heavy atom. The van der Waals surface area contributed by atoms with Crippen LogP contribution in [0.3, 0.4) is 0 Å². The van der Waals surface area contributed by atoms with Gasteiger partial charge in [-0.2, -0.15) is 5.26 Å². The molecule has 0 radical (unpaired) electrons. The Kier molecular flexibility index (Phi) is 8.09. The Labute approximate surface area is 113 Å². The fraction of sp³-hybridized carbons (Fsp3) is 0.938. The molecule has 0 aromatic rings. The van der Waals surface area contributed by atoms with Gasteiger partial charge in [-0.05, 0) is 31.2 Å². The van der Waals surface area contributed by atoms with E-state index in [1.54, 1.807) is 0 Å². The van der Waals surface area contributed by atoms with Crippen LogP contribution in [0.4, 0.5) is 0 Å². The molecule has 104 valence electrons. The monoisotopic (exact) mass is 250 g/mol. The summed E-state index contributed by atoms with van der Waals surface area (Å²) in [6.45, 7) is 4.48. The lowest BCUT2D eigenvalue weighted by Crippen LogP contribution is -2.24. The van der Waals surface area contributed by atoms with Crippen molar-refractivity contribution in [3.05, 3.63) is 0 Å². The highest BCUT2D eigenvalue weighted by Crippen LogP contribution is 2.47. The van der Waals surface area contributed by atoms with Crippen molar-refractivity contribution >= 4 is 0 Å². The molecule has 1 aliphatic rings. The molecule has 2 nitrogen and oxygen atoms in total. The third-order valence-corrected chi connectivity index (χ3v) is 4.12. The standard InChI is InChI=1S/C16H30N2/c1-2-3-4-5-6-7-8-9-14-18-15-16(10-11-16)12-13-17/h18H,2-12,14-15H2,1H3. The number of nitriles is 1. The highest BCUT2D eigenvalue weighted by molar-refractivity contribution is 5.00. The zero-order chi connectivity index (χ0) is 13.1. The molecule has 0 spiro atoms. The molecule has 0 saturated heterocycles. The number of nitrogens with one attached hydrogen (secondary N) is 1. The molecule has 1 N–H and O–H groups in total. The van der Waals surface area contributed by atoms with Crippen molar-refractivity contribution in [1.82, 2.24) is 5.32 Å². The van der Waals surface area contributed by atoms with Crippen molar-refractivity contribution in [1.29, 1.82) is 5.26 Å². The van der Waals surface area contributed by atoms with Crippen molar-refractivity contribution < 1.29 is 0 Å². The van der Waals surface area contributed by atoms with E-state index in [-0.39, 0.29) is 0 Å². The minimum Gasteiger partial charge on any atom is -0.316 e. The van der Waals surface area contributed by atoms with E-state index in [1.165, 1.54) is 64.2 Å². The van der Waals surface area contributed by atoms with Crippen molar-refractivity contribution in [2.45, 2.75) is 77.6 Å². The maximum Gasteiger partial charge on any atom is 0.0628 e. The minimum absolute atomic E-state index is 0.370. The fourth-order valence-corrected chi connectivity index (χ4v) is 2.50. The van der Waals surface area contributed by atoms with Crippen LogP contribution in [-0.2, 0) is 0 Å². The van der Waals surface area contributed by atoms with Gasteiger partial charge in [-0.15, -0.1) is 0 Å². The third kappa shape index (κ3) is 7.01. The average molecular weight is 250 g/mol. The van der Waals surface area contributed by atoms with Gasteiger partial charge in [0.2, 0.25) is 0 Å². The summed E-state index contributed by atoms with van der Waals surface area (Å²) in [4.78, 5) is 0. The lowest BCUT2D eigenvalue weighted by molar-refractivity contribution is 0.457. The number of hydrogen-bond acceptors (Lipinski definition) is 2. The zero-order valence-electron chi connectivity index (χ0n) is 12.1. The lowest BCUT2D eigenvalue weighted by Gasteiger charge is -2.11. The van der Waals surface area contributed by atoms with Crippen LogP contribution in [0.15, 0.2) is 0 Å². The summed E-state index contributed by atoms with van der Waals surface area (Å²) in [5.74, 6) is 0. The van der Waals surface area contributed by atoms with E-state index in [2.05, 4.69) is 18.3 Å². The molecule has 0 aromatic carbocycles. The van der Waals surface area contributed by atoms with E-state index in [4.69, 9.17) is 5.26 Å². The smallest absolute Gasteiger partial charge is 0.0628 e. The molecule has 0 bridgehead atoms. The molecular weight excluding hydrogens is 220 g/mol. The van der Waals surface area contributed by atoms with Gasteiger partial charge in [0.05, 0.1) is 6.07 Å². The summed E-state index contributed by atoms with van der Waals surface area (Å²) in [5.41, 5.74) is 0.370. The summed E-state index contributed by atoms with van der Waals surface area (Å²) < 4.78 is 0. The number of hydrogen-bond donors (Lipinski definition) is 1. The first-order valence-corrected chi connectivity index (χ1v) is 7.91. The van der Waals surface area contributed by atoms with Gasteiger partial charge >= 0.3 is 0 Å². The Balaban J connectivity index is 1.78. The molecule has 2 heteroatoms. The van der Waals surface area contributed by atoms with Crippen LogP contribution in [-0.4, -0.2) is 13.1 Å². The van der Waals surface area contributed by atoms with E-state index in [0.29, 0.717) is 5.41 Å². The van der Waals surface area contributed by atoms with Gasteiger partial charge in [0, 0.05) is 13.0 Å². The molecule has 0 unspecified atom stereocenters.